The van der Waals surface area contributed by atoms with Gasteiger partial charge in [-0.25, -0.2) is 0 Å². The van der Waals surface area contributed by atoms with Gasteiger partial charge >= 0.3 is 0 Å². The Morgan fingerprint density at radius 3 is 2.74 bits per heavy atom. The van der Waals surface area contributed by atoms with Crippen molar-refractivity contribution in [1.29, 1.82) is 0 Å². The first-order chi connectivity index (χ1) is 8.48. The van der Waals surface area contributed by atoms with E-state index in [2.05, 4.69) is 27.8 Å². The monoisotopic (exact) mass is 348 g/mol. The SMILES string of the molecule is C=CCOc1ccc(Br)cc1CNC(C)(C)CO.[Cl-]. The number of aliphatic hydroxyl groups excluding tert-OH is 1. The molecular formula is C14H20BrClNO2-. The molecule has 0 saturated carbocycles. The van der Waals surface area contributed by atoms with E-state index in [0.717, 1.165) is 15.8 Å². The maximum absolute atomic E-state index is 9.22. The largest absolute Gasteiger partial charge is 1.00 e. The molecule has 0 atom stereocenters. The van der Waals surface area contributed by atoms with Crippen molar-refractivity contribution in [2.45, 2.75) is 25.9 Å². The number of hydrogen-bond acceptors (Lipinski definition) is 3. The van der Waals surface area contributed by atoms with Crippen LogP contribution in [0.15, 0.2) is 35.3 Å². The Balaban J connectivity index is 0.00000324. The van der Waals surface area contributed by atoms with Crippen molar-refractivity contribution < 1.29 is 22.3 Å². The third kappa shape index (κ3) is 6.43. The molecule has 0 spiro atoms. The highest BCUT2D eigenvalue weighted by molar-refractivity contribution is 9.10. The maximum atomic E-state index is 9.22. The Bertz CT molecular complexity index is 410. The van der Waals surface area contributed by atoms with Crippen LogP contribution in [0.1, 0.15) is 19.4 Å². The molecule has 1 aromatic carbocycles. The average molecular weight is 350 g/mol. The standard InChI is InChI=1S/C14H20BrNO2.ClH/c1-4-7-18-13-6-5-12(15)8-11(13)9-16-14(2,3)10-17;/h4-6,8,16-17H,1,7,9-10H2,2-3H3;1H/p-1. The molecule has 2 N–H and O–H groups in total. The zero-order valence-electron chi connectivity index (χ0n) is 11.2. The zero-order valence-corrected chi connectivity index (χ0v) is 13.6. The van der Waals surface area contributed by atoms with E-state index in [9.17, 15) is 5.11 Å². The molecule has 3 nitrogen and oxygen atoms in total. The Labute approximate surface area is 129 Å². The van der Waals surface area contributed by atoms with Gasteiger partial charge in [-0.05, 0) is 32.0 Å². The minimum Gasteiger partial charge on any atom is -1.00 e. The van der Waals surface area contributed by atoms with E-state index >= 15 is 0 Å². The predicted molar refractivity (Wildman–Crippen MR) is 77.8 cm³/mol. The van der Waals surface area contributed by atoms with Crippen LogP contribution < -0.4 is 22.5 Å². The molecule has 5 heteroatoms. The van der Waals surface area contributed by atoms with E-state index < -0.39 is 0 Å². The van der Waals surface area contributed by atoms with E-state index in [0.29, 0.717) is 13.2 Å². The van der Waals surface area contributed by atoms with Crippen LogP contribution in [0, 0.1) is 0 Å². The molecule has 0 saturated heterocycles. The highest BCUT2D eigenvalue weighted by Crippen LogP contribution is 2.23. The quantitative estimate of drug-likeness (QED) is 0.674. The van der Waals surface area contributed by atoms with E-state index in [1.54, 1.807) is 6.08 Å². The Morgan fingerprint density at radius 2 is 2.16 bits per heavy atom. The number of ether oxygens (including phenoxy) is 1. The molecule has 0 aliphatic heterocycles. The van der Waals surface area contributed by atoms with Crippen LogP contribution in [0.4, 0.5) is 0 Å². The van der Waals surface area contributed by atoms with Crippen LogP contribution in [-0.4, -0.2) is 23.9 Å². The van der Waals surface area contributed by atoms with Crippen LogP contribution in [0.2, 0.25) is 0 Å². The second-order valence-electron chi connectivity index (χ2n) is 4.75. The third-order valence-corrected chi connectivity index (χ3v) is 3.03. The Morgan fingerprint density at radius 1 is 1.47 bits per heavy atom. The van der Waals surface area contributed by atoms with Gasteiger partial charge in [0.15, 0.2) is 0 Å². The van der Waals surface area contributed by atoms with Crippen molar-refractivity contribution >= 4 is 15.9 Å². The van der Waals surface area contributed by atoms with E-state index in [-0.39, 0.29) is 24.6 Å². The van der Waals surface area contributed by atoms with Gasteiger partial charge in [0, 0.05) is 22.1 Å². The van der Waals surface area contributed by atoms with Crippen molar-refractivity contribution in [1.82, 2.24) is 5.32 Å². The first-order valence-electron chi connectivity index (χ1n) is 5.86. The maximum Gasteiger partial charge on any atom is 0.124 e. The van der Waals surface area contributed by atoms with Crippen LogP contribution in [0.3, 0.4) is 0 Å². The summed E-state index contributed by atoms with van der Waals surface area (Å²) in [6, 6.07) is 5.88. The number of rotatable bonds is 7. The van der Waals surface area contributed by atoms with Gasteiger partial charge < -0.3 is 27.6 Å². The average Bonchev–Trinajstić information content (AvgIpc) is 2.35. The predicted octanol–water partition coefficient (Wildman–Crippen LogP) is -0.122. The van der Waals surface area contributed by atoms with Gasteiger partial charge in [-0.2, -0.15) is 0 Å². The van der Waals surface area contributed by atoms with Gasteiger partial charge in [0.05, 0.1) is 6.61 Å². The molecule has 1 aromatic rings. The Kier molecular flexibility index (Phi) is 8.34. The first kappa shape index (κ1) is 18.4. The van der Waals surface area contributed by atoms with Crippen LogP contribution in [0.5, 0.6) is 5.75 Å². The van der Waals surface area contributed by atoms with Gasteiger partial charge in [-0.15, -0.1) is 0 Å². The summed E-state index contributed by atoms with van der Waals surface area (Å²) in [5.74, 6) is 0.833. The molecular weight excluding hydrogens is 330 g/mol. The highest BCUT2D eigenvalue weighted by atomic mass is 79.9. The van der Waals surface area contributed by atoms with Gasteiger partial charge in [0.2, 0.25) is 0 Å². The van der Waals surface area contributed by atoms with Gasteiger partial charge in [-0.1, -0.05) is 28.6 Å². The van der Waals surface area contributed by atoms with Crippen LogP contribution in [-0.2, 0) is 6.54 Å². The summed E-state index contributed by atoms with van der Waals surface area (Å²) in [6.07, 6.45) is 1.72. The lowest BCUT2D eigenvalue weighted by Gasteiger charge is -2.24. The number of benzene rings is 1. The second kappa shape index (κ2) is 8.59. The fraction of sp³-hybridized carbons (Fsp3) is 0.429. The fourth-order valence-corrected chi connectivity index (χ4v) is 1.77. The van der Waals surface area contributed by atoms with Gasteiger partial charge in [0.25, 0.3) is 0 Å². The number of halogens is 2. The van der Waals surface area contributed by atoms with Gasteiger partial charge in [0.1, 0.15) is 12.4 Å². The van der Waals surface area contributed by atoms with Crippen LogP contribution >= 0.6 is 15.9 Å². The van der Waals surface area contributed by atoms with E-state index in [1.165, 1.54) is 0 Å². The molecule has 0 radical (unpaired) electrons. The highest BCUT2D eigenvalue weighted by Gasteiger charge is 2.16. The smallest absolute Gasteiger partial charge is 0.124 e. The number of hydrogen-bond donors (Lipinski definition) is 2. The van der Waals surface area contributed by atoms with Crippen molar-refractivity contribution in [2.75, 3.05) is 13.2 Å². The molecule has 0 aliphatic rings. The normalized spacial score (nSPS) is 10.7. The number of nitrogens with one attached hydrogen (secondary N) is 1. The topological polar surface area (TPSA) is 41.5 Å². The fourth-order valence-electron chi connectivity index (χ4n) is 1.37. The van der Waals surface area contributed by atoms with E-state index in [1.807, 2.05) is 32.0 Å². The van der Waals surface area contributed by atoms with Crippen molar-refractivity contribution in [2.24, 2.45) is 0 Å². The van der Waals surface area contributed by atoms with Crippen LogP contribution in [0.25, 0.3) is 0 Å². The van der Waals surface area contributed by atoms with Crippen molar-refractivity contribution in [3.05, 3.63) is 40.9 Å². The lowest BCUT2D eigenvalue weighted by Crippen LogP contribution is -3.00. The Hall–Kier alpha value is -0.550. The molecule has 0 aliphatic carbocycles. The molecule has 19 heavy (non-hydrogen) atoms. The lowest BCUT2D eigenvalue weighted by molar-refractivity contribution is -0.00000504. The molecule has 0 amide bonds. The molecule has 0 heterocycles. The summed E-state index contributed by atoms with van der Waals surface area (Å²) in [5, 5.41) is 12.5. The summed E-state index contributed by atoms with van der Waals surface area (Å²) in [4.78, 5) is 0. The summed E-state index contributed by atoms with van der Waals surface area (Å²) >= 11 is 3.45. The van der Waals surface area contributed by atoms with Gasteiger partial charge in [-0.3, -0.25) is 0 Å². The molecule has 0 aromatic heterocycles. The molecule has 0 bridgehead atoms. The zero-order chi connectivity index (χ0) is 13.6. The number of aliphatic hydroxyl groups is 1. The summed E-state index contributed by atoms with van der Waals surface area (Å²) < 4.78 is 6.61. The van der Waals surface area contributed by atoms with Crippen molar-refractivity contribution in [3.8, 4) is 5.75 Å². The minimum absolute atomic E-state index is 0. The molecule has 0 fully saturated rings. The summed E-state index contributed by atoms with van der Waals surface area (Å²) in [7, 11) is 0. The van der Waals surface area contributed by atoms with Crippen molar-refractivity contribution in [3.63, 3.8) is 0 Å². The molecule has 1 rings (SSSR count). The van der Waals surface area contributed by atoms with E-state index in [4.69, 9.17) is 4.74 Å². The summed E-state index contributed by atoms with van der Waals surface area (Å²) in [6.45, 7) is 8.76. The second-order valence-corrected chi connectivity index (χ2v) is 5.66. The molecule has 0 unspecified atom stereocenters. The molecule has 108 valence electrons. The lowest BCUT2D eigenvalue weighted by atomic mass is 10.1. The summed E-state index contributed by atoms with van der Waals surface area (Å²) in [5.41, 5.74) is 0.741. The first-order valence-corrected chi connectivity index (χ1v) is 6.66. The third-order valence-electron chi connectivity index (χ3n) is 2.53. The minimum atomic E-state index is -0.308.